The van der Waals surface area contributed by atoms with Gasteiger partial charge in [-0.3, -0.25) is 9.59 Å². The number of hydrogen-bond acceptors (Lipinski definition) is 5. The number of likely N-dealkylation sites (tertiary alicyclic amines) is 1. The van der Waals surface area contributed by atoms with Crippen molar-refractivity contribution in [2.45, 2.75) is 18.9 Å². The largest absolute Gasteiger partial charge is 0.490 e. The average molecular weight is 448 g/mol. The van der Waals surface area contributed by atoms with Gasteiger partial charge in [0, 0.05) is 36.3 Å². The number of carbonyl (C=O) groups is 2. The number of carbonyl (C=O) groups excluding carboxylic acids is 2. The van der Waals surface area contributed by atoms with Gasteiger partial charge in [-0.25, -0.2) is 13.1 Å². The van der Waals surface area contributed by atoms with Crippen molar-refractivity contribution in [1.29, 1.82) is 0 Å². The minimum Gasteiger partial charge on any atom is -0.490 e. The number of benzene rings is 1. The van der Waals surface area contributed by atoms with E-state index in [1.165, 1.54) is 4.90 Å². The Morgan fingerprint density at radius 2 is 2.15 bits per heavy atom. The van der Waals surface area contributed by atoms with Gasteiger partial charge in [0.1, 0.15) is 11.9 Å². The molecule has 0 aliphatic carbocycles. The molecule has 1 aliphatic heterocycles. The molecule has 1 saturated heterocycles. The van der Waals surface area contributed by atoms with Crippen molar-refractivity contribution in [2.75, 3.05) is 25.9 Å². The highest BCUT2D eigenvalue weighted by Gasteiger charge is 2.34. The van der Waals surface area contributed by atoms with Crippen LogP contribution in [0.15, 0.2) is 28.7 Å². The third kappa shape index (κ3) is 6.58. The van der Waals surface area contributed by atoms with E-state index in [0.717, 1.165) is 10.7 Å². The third-order valence-electron chi connectivity index (χ3n) is 4.05. The first kappa shape index (κ1) is 20.7. The standard InChI is InChI=1S/C16H22BrN3O5S/c1-26(23,24)19-9-16(22)20-6-5-14(11(10-20)7-15(18)21)25-13-4-2-3-12(17)8-13/h2-4,8,11,14,19H,5-7,9-10H2,1H3,(H2,18,21)/t11-,14-/m0/s1. The Labute approximate surface area is 161 Å². The number of piperidine rings is 1. The lowest BCUT2D eigenvalue weighted by Gasteiger charge is -2.38. The highest BCUT2D eigenvalue weighted by molar-refractivity contribution is 9.10. The second-order valence-electron chi connectivity index (χ2n) is 6.27. The van der Waals surface area contributed by atoms with Crippen molar-refractivity contribution in [3.05, 3.63) is 28.7 Å². The molecule has 1 aromatic carbocycles. The average Bonchev–Trinajstić information content (AvgIpc) is 2.53. The van der Waals surface area contributed by atoms with Gasteiger partial charge in [0.15, 0.2) is 0 Å². The van der Waals surface area contributed by atoms with E-state index in [2.05, 4.69) is 20.7 Å². The van der Waals surface area contributed by atoms with Crippen LogP contribution < -0.4 is 15.2 Å². The van der Waals surface area contributed by atoms with Crippen LogP contribution >= 0.6 is 15.9 Å². The predicted octanol–water partition coefficient (Wildman–Crippen LogP) is 0.470. The summed E-state index contributed by atoms with van der Waals surface area (Å²) in [5, 5.41) is 0. The molecule has 1 aliphatic rings. The van der Waals surface area contributed by atoms with Crippen molar-refractivity contribution < 1.29 is 22.7 Å². The molecular formula is C16H22BrN3O5S. The van der Waals surface area contributed by atoms with Gasteiger partial charge < -0.3 is 15.4 Å². The lowest BCUT2D eigenvalue weighted by atomic mass is 9.91. The Morgan fingerprint density at radius 1 is 1.42 bits per heavy atom. The first-order valence-electron chi connectivity index (χ1n) is 8.07. The molecule has 2 amide bonds. The maximum atomic E-state index is 12.2. The zero-order valence-corrected chi connectivity index (χ0v) is 16.8. The molecule has 0 bridgehead atoms. The van der Waals surface area contributed by atoms with Gasteiger partial charge in [-0.15, -0.1) is 0 Å². The van der Waals surface area contributed by atoms with E-state index >= 15 is 0 Å². The summed E-state index contributed by atoms with van der Waals surface area (Å²) in [6.45, 7) is 0.392. The minimum absolute atomic E-state index is 0.0853. The fourth-order valence-electron chi connectivity index (χ4n) is 2.87. The van der Waals surface area contributed by atoms with E-state index < -0.39 is 15.9 Å². The lowest BCUT2D eigenvalue weighted by Crippen LogP contribution is -2.51. The second-order valence-corrected chi connectivity index (χ2v) is 9.01. The Balaban J connectivity index is 2.03. The monoisotopic (exact) mass is 447 g/mol. The number of amides is 2. The molecule has 0 radical (unpaired) electrons. The number of sulfonamides is 1. The normalized spacial score (nSPS) is 20.6. The van der Waals surface area contributed by atoms with Crippen LogP contribution in [0, 0.1) is 5.92 Å². The summed E-state index contributed by atoms with van der Waals surface area (Å²) < 4.78 is 31.4. The van der Waals surface area contributed by atoms with Crippen LogP contribution in [0.5, 0.6) is 5.75 Å². The summed E-state index contributed by atoms with van der Waals surface area (Å²) in [5.74, 6) is -0.410. The molecule has 1 fully saturated rings. The van der Waals surface area contributed by atoms with Gasteiger partial charge >= 0.3 is 0 Å². The number of primary amides is 1. The Kier molecular flexibility index (Phi) is 7.01. The van der Waals surface area contributed by atoms with E-state index in [9.17, 15) is 18.0 Å². The van der Waals surface area contributed by atoms with Crippen LogP contribution in [-0.2, 0) is 19.6 Å². The van der Waals surface area contributed by atoms with Crippen LogP contribution in [0.1, 0.15) is 12.8 Å². The molecule has 0 spiro atoms. The van der Waals surface area contributed by atoms with Gasteiger partial charge in [-0.2, -0.15) is 0 Å². The maximum Gasteiger partial charge on any atom is 0.237 e. The molecule has 1 heterocycles. The molecule has 1 aromatic rings. The number of rotatable bonds is 7. The summed E-state index contributed by atoms with van der Waals surface area (Å²) in [6, 6.07) is 7.37. The predicted molar refractivity (Wildman–Crippen MR) is 99.9 cm³/mol. The first-order valence-corrected chi connectivity index (χ1v) is 10.8. The Bertz CT molecular complexity index is 771. The van der Waals surface area contributed by atoms with Crippen molar-refractivity contribution in [1.82, 2.24) is 9.62 Å². The summed E-state index contributed by atoms with van der Waals surface area (Å²) in [7, 11) is -3.45. The molecule has 2 rings (SSSR count). The molecule has 144 valence electrons. The highest BCUT2D eigenvalue weighted by Crippen LogP contribution is 2.27. The molecule has 0 aromatic heterocycles. The van der Waals surface area contributed by atoms with Gasteiger partial charge in [0.05, 0.1) is 12.8 Å². The number of hydrogen-bond donors (Lipinski definition) is 2. The van der Waals surface area contributed by atoms with Crippen LogP contribution in [0.3, 0.4) is 0 Å². The first-order chi connectivity index (χ1) is 12.1. The van der Waals surface area contributed by atoms with E-state index in [1.807, 2.05) is 24.3 Å². The minimum atomic E-state index is -3.45. The summed E-state index contributed by atoms with van der Waals surface area (Å²) in [6.07, 6.45) is 1.34. The van der Waals surface area contributed by atoms with Gasteiger partial charge in [0.2, 0.25) is 21.8 Å². The molecule has 3 N–H and O–H groups in total. The molecule has 8 nitrogen and oxygen atoms in total. The molecule has 2 atom stereocenters. The zero-order chi connectivity index (χ0) is 19.3. The number of ether oxygens (including phenoxy) is 1. The van der Waals surface area contributed by atoms with Crippen LogP contribution in [0.25, 0.3) is 0 Å². The van der Waals surface area contributed by atoms with Crippen molar-refractivity contribution in [3.8, 4) is 5.75 Å². The fraction of sp³-hybridized carbons (Fsp3) is 0.500. The smallest absolute Gasteiger partial charge is 0.237 e. The Morgan fingerprint density at radius 3 is 2.77 bits per heavy atom. The van der Waals surface area contributed by atoms with Gasteiger partial charge in [-0.1, -0.05) is 22.0 Å². The zero-order valence-electron chi connectivity index (χ0n) is 14.4. The number of nitrogens with two attached hydrogens (primary N) is 1. The number of nitrogens with one attached hydrogen (secondary N) is 1. The maximum absolute atomic E-state index is 12.2. The topological polar surface area (TPSA) is 119 Å². The Hall–Kier alpha value is -1.65. The quantitative estimate of drug-likeness (QED) is 0.629. The summed E-state index contributed by atoms with van der Waals surface area (Å²) >= 11 is 3.38. The lowest BCUT2D eigenvalue weighted by molar-refractivity contribution is -0.134. The molecule has 10 heteroatoms. The SMILES string of the molecule is CS(=O)(=O)NCC(=O)N1CC[C@H](Oc2cccc(Br)c2)[C@@H](CC(N)=O)C1. The van der Waals surface area contributed by atoms with Gasteiger partial charge in [0.25, 0.3) is 0 Å². The fourth-order valence-corrected chi connectivity index (χ4v) is 3.63. The highest BCUT2D eigenvalue weighted by atomic mass is 79.9. The van der Waals surface area contributed by atoms with E-state index in [1.54, 1.807) is 0 Å². The molecule has 26 heavy (non-hydrogen) atoms. The van der Waals surface area contributed by atoms with Crippen molar-refractivity contribution in [2.24, 2.45) is 11.7 Å². The van der Waals surface area contributed by atoms with Crippen LogP contribution in [0.2, 0.25) is 0 Å². The van der Waals surface area contributed by atoms with Crippen LogP contribution in [-0.4, -0.2) is 57.1 Å². The van der Waals surface area contributed by atoms with E-state index in [0.29, 0.717) is 18.7 Å². The van der Waals surface area contributed by atoms with E-state index in [-0.39, 0.29) is 37.4 Å². The van der Waals surface area contributed by atoms with Crippen LogP contribution in [0.4, 0.5) is 0 Å². The molecule has 0 saturated carbocycles. The molecule has 0 unspecified atom stereocenters. The third-order valence-corrected chi connectivity index (χ3v) is 5.21. The molecular weight excluding hydrogens is 426 g/mol. The number of nitrogens with zero attached hydrogens (tertiary/aromatic N) is 1. The van der Waals surface area contributed by atoms with Crippen molar-refractivity contribution in [3.63, 3.8) is 0 Å². The van der Waals surface area contributed by atoms with E-state index in [4.69, 9.17) is 10.5 Å². The summed E-state index contributed by atoms with van der Waals surface area (Å²) in [5.41, 5.74) is 5.34. The second kappa shape index (κ2) is 8.83. The number of halogens is 1. The van der Waals surface area contributed by atoms with Crippen molar-refractivity contribution >= 4 is 37.8 Å². The summed E-state index contributed by atoms with van der Waals surface area (Å²) in [4.78, 5) is 25.2. The van der Waals surface area contributed by atoms with Gasteiger partial charge in [-0.05, 0) is 18.2 Å².